The fourth-order valence-electron chi connectivity index (χ4n) is 3.85. The Morgan fingerprint density at radius 1 is 1.15 bits per heavy atom. The number of aromatic nitrogens is 1. The molecule has 144 valence electrons. The summed E-state index contributed by atoms with van der Waals surface area (Å²) in [4.78, 5) is 20.6. The Morgan fingerprint density at radius 2 is 1.81 bits per heavy atom. The first-order valence-corrected chi connectivity index (χ1v) is 10.5. The predicted molar refractivity (Wildman–Crippen MR) is 106 cm³/mol. The summed E-state index contributed by atoms with van der Waals surface area (Å²) in [6.45, 7) is 7.02. The molecule has 1 aromatic carbocycles. The second-order valence-corrected chi connectivity index (χ2v) is 8.66. The summed E-state index contributed by atoms with van der Waals surface area (Å²) >= 11 is 1.63. The third-order valence-electron chi connectivity index (χ3n) is 5.37. The van der Waals surface area contributed by atoms with Gasteiger partial charge in [-0.15, -0.1) is 11.3 Å². The van der Waals surface area contributed by atoms with E-state index in [4.69, 9.17) is 9.47 Å². The van der Waals surface area contributed by atoms with Crippen LogP contribution >= 0.6 is 11.3 Å². The number of nitrogens with zero attached hydrogens (tertiary/aromatic N) is 2. The van der Waals surface area contributed by atoms with Crippen molar-refractivity contribution in [3.63, 3.8) is 0 Å². The van der Waals surface area contributed by atoms with Gasteiger partial charge in [0.2, 0.25) is 5.91 Å². The van der Waals surface area contributed by atoms with Gasteiger partial charge in [0, 0.05) is 29.4 Å². The molecular formula is C21H26N2O3S. The van der Waals surface area contributed by atoms with Gasteiger partial charge in [-0.2, -0.15) is 0 Å². The SMILES string of the molecule is Cc1ccc(-c2nc(C)sc2CC(=O)N2CCC(C3OCCO3)CC2)cc1. The van der Waals surface area contributed by atoms with Crippen molar-refractivity contribution >= 4 is 17.2 Å². The van der Waals surface area contributed by atoms with Crippen LogP contribution in [0.4, 0.5) is 0 Å². The van der Waals surface area contributed by atoms with E-state index in [1.165, 1.54) is 5.56 Å². The molecule has 2 aromatic rings. The van der Waals surface area contributed by atoms with Crippen molar-refractivity contribution in [2.24, 2.45) is 5.92 Å². The van der Waals surface area contributed by atoms with E-state index >= 15 is 0 Å². The zero-order valence-electron chi connectivity index (χ0n) is 15.9. The van der Waals surface area contributed by atoms with Crippen molar-refractivity contribution in [2.75, 3.05) is 26.3 Å². The number of likely N-dealkylation sites (tertiary alicyclic amines) is 1. The molecule has 0 saturated carbocycles. The van der Waals surface area contributed by atoms with Crippen LogP contribution in [0.2, 0.25) is 0 Å². The van der Waals surface area contributed by atoms with Crippen molar-refractivity contribution in [2.45, 2.75) is 39.4 Å². The molecule has 1 amide bonds. The first-order valence-electron chi connectivity index (χ1n) is 9.64. The van der Waals surface area contributed by atoms with Crippen LogP contribution in [-0.4, -0.2) is 48.4 Å². The summed E-state index contributed by atoms with van der Waals surface area (Å²) in [5.74, 6) is 0.601. The molecule has 27 heavy (non-hydrogen) atoms. The lowest BCUT2D eigenvalue weighted by Gasteiger charge is -2.33. The van der Waals surface area contributed by atoms with Crippen molar-refractivity contribution in [3.05, 3.63) is 39.7 Å². The van der Waals surface area contributed by atoms with Crippen LogP contribution in [0.15, 0.2) is 24.3 Å². The average Bonchev–Trinajstić information content (AvgIpc) is 3.33. The molecule has 6 heteroatoms. The number of hydrogen-bond acceptors (Lipinski definition) is 5. The molecule has 0 radical (unpaired) electrons. The van der Waals surface area contributed by atoms with Gasteiger partial charge in [0.25, 0.3) is 0 Å². The highest BCUT2D eigenvalue weighted by Gasteiger charge is 2.32. The average molecular weight is 387 g/mol. The molecule has 2 saturated heterocycles. The lowest BCUT2D eigenvalue weighted by Crippen LogP contribution is -2.42. The molecule has 5 nitrogen and oxygen atoms in total. The summed E-state index contributed by atoms with van der Waals surface area (Å²) in [5, 5.41) is 1.00. The predicted octanol–water partition coefficient (Wildman–Crippen LogP) is 3.58. The lowest BCUT2D eigenvalue weighted by molar-refractivity contribution is -0.136. The Labute approximate surface area is 164 Å². The topological polar surface area (TPSA) is 51.7 Å². The van der Waals surface area contributed by atoms with E-state index in [9.17, 15) is 4.79 Å². The van der Waals surface area contributed by atoms with Crippen molar-refractivity contribution < 1.29 is 14.3 Å². The maximum Gasteiger partial charge on any atom is 0.227 e. The van der Waals surface area contributed by atoms with E-state index in [1.807, 2.05) is 11.8 Å². The number of ether oxygens (including phenoxy) is 2. The third kappa shape index (κ3) is 4.23. The maximum absolute atomic E-state index is 12.9. The molecule has 0 aliphatic carbocycles. The van der Waals surface area contributed by atoms with Crippen molar-refractivity contribution in [1.29, 1.82) is 0 Å². The molecule has 2 fully saturated rings. The smallest absolute Gasteiger partial charge is 0.227 e. The van der Waals surface area contributed by atoms with Gasteiger partial charge in [-0.05, 0) is 26.7 Å². The standard InChI is InChI=1S/C21H26N2O3S/c1-14-3-5-16(6-4-14)20-18(27-15(2)22-20)13-19(24)23-9-7-17(8-10-23)21-25-11-12-26-21/h3-6,17,21H,7-13H2,1-2H3. The number of hydrogen-bond donors (Lipinski definition) is 0. The summed E-state index contributed by atoms with van der Waals surface area (Å²) in [6.07, 6.45) is 2.25. The number of carbonyl (C=O) groups is 1. The maximum atomic E-state index is 12.9. The van der Waals surface area contributed by atoms with Crippen LogP contribution in [0.25, 0.3) is 11.3 Å². The molecule has 0 bridgehead atoms. The zero-order chi connectivity index (χ0) is 18.8. The Hall–Kier alpha value is -1.76. The molecule has 0 atom stereocenters. The number of piperidine rings is 1. The van der Waals surface area contributed by atoms with Crippen LogP contribution in [0, 0.1) is 19.8 Å². The fourth-order valence-corrected chi connectivity index (χ4v) is 4.79. The normalized spacial score (nSPS) is 19.0. The largest absolute Gasteiger partial charge is 0.350 e. The van der Waals surface area contributed by atoms with Gasteiger partial charge >= 0.3 is 0 Å². The first kappa shape index (κ1) is 18.6. The number of amides is 1. The minimum atomic E-state index is -0.0699. The summed E-state index contributed by atoms with van der Waals surface area (Å²) in [7, 11) is 0. The van der Waals surface area contributed by atoms with E-state index in [0.717, 1.165) is 47.1 Å². The second-order valence-electron chi connectivity index (χ2n) is 7.38. The summed E-state index contributed by atoms with van der Waals surface area (Å²) in [5.41, 5.74) is 3.26. The van der Waals surface area contributed by atoms with Crippen LogP contribution in [-0.2, 0) is 20.7 Å². The van der Waals surface area contributed by atoms with E-state index in [1.54, 1.807) is 11.3 Å². The quantitative estimate of drug-likeness (QED) is 0.806. The molecule has 0 unspecified atom stereocenters. The minimum Gasteiger partial charge on any atom is -0.350 e. The Kier molecular flexibility index (Phi) is 5.57. The number of carbonyl (C=O) groups excluding carboxylic acids is 1. The van der Waals surface area contributed by atoms with E-state index < -0.39 is 0 Å². The minimum absolute atomic E-state index is 0.0699. The van der Waals surface area contributed by atoms with Crippen LogP contribution in [0.1, 0.15) is 28.3 Å². The molecule has 0 N–H and O–H groups in total. The van der Waals surface area contributed by atoms with Gasteiger partial charge in [-0.1, -0.05) is 29.8 Å². The third-order valence-corrected chi connectivity index (χ3v) is 6.34. The zero-order valence-corrected chi connectivity index (χ0v) is 16.8. The van der Waals surface area contributed by atoms with Crippen molar-refractivity contribution in [1.82, 2.24) is 9.88 Å². The fraction of sp³-hybridized carbons (Fsp3) is 0.524. The summed E-state index contributed by atoms with van der Waals surface area (Å²) in [6, 6.07) is 8.36. The lowest BCUT2D eigenvalue weighted by atomic mass is 9.96. The number of thiazole rings is 1. The molecule has 1 aromatic heterocycles. The molecule has 0 spiro atoms. The van der Waals surface area contributed by atoms with Gasteiger partial charge in [-0.25, -0.2) is 4.98 Å². The highest BCUT2D eigenvalue weighted by molar-refractivity contribution is 7.12. The van der Waals surface area contributed by atoms with Gasteiger partial charge in [0.15, 0.2) is 6.29 Å². The van der Waals surface area contributed by atoms with Crippen LogP contribution in [0.5, 0.6) is 0 Å². The summed E-state index contributed by atoms with van der Waals surface area (Å²) < 4.78 is 11.3. The van der Waals surface area contributed by atoms with Crippen LogP contribution in [0.3, 0.4) is 0 Å². The first-order chi connectivity index (χ1) is 13.1. The number of benzene rings is 1. The molecule has 2 aliphatic rings. The number of aryl methyl sites for hydroxylation is 2. The van der Waals surface area contributed by atoms with E-state index in [0.29, 0.717) is 25.6 Å². The Bertz CT molecular complexity index is 788. The van der Waals surface area contributed by atoms with E-state index in [2.05, 4.69) is 36.2 Å². The second kappa shape index (κ2) is 8.09. The monoisotopic (exact) mass is 386 g/mol. The molecule has 2 aliphatic heterocycles. The Morgan fingerprint density at radius 3 is 2.48 bits per heavy atom. The Balaban J connectivity index is 1.41. The van der Waals surface area contributed by atoms with Gasteiger partial charge < -0.3 is 14.4 Å². The molecular weight excluding hydrogens is 360 g/mol. The van der Waals surface area contributed by atoms with Crippen molar-refractivity contribution in [3.8, 4) is 11.3 Å². The van der Waals surface area contributed by atoms with Gasteiger partial charge in [0.05, 0.1) is 30.3 Å². The molecule has 4 rings (SSSR count). The van der Waals surface area contributed by atoms with E-state index in [-0.39, 0.29) is 12.2 Å². The van der Waals surface area contributed by atoms with Crippen LogP contribution < -0.4 is 0 Å². The highest BCUT2D eigenvalue weighted by atomic mass is 32.1. The molecule has 3 heterocycles. The number of rotatable bonds is 4. The highest BCUT2D eigenvalue weighted by Crippen LogP contribution is 2.30. The van der Waals surface area contributed by atoms with Gasteiger partial charge in [0.1, 0.15) is 0 Å². The van der Waals surface area contributed by atoms with Gasteiger partial charge in [-0.3, -0.25) is 4.79 Å².